The van der Waals surface area contributed by atoms with Crippen molar-refractivity contribution in [3.05, 3.63) is 59.9 Å². The molecule has 4 saturated heterocycles. The number of rotatable bonds is 4. The number of para-hydroxylation sites is 2. The Kier molecular flexibility index (Phi) is 61.6. The van der Waals surface area contributed by atoms with E-state index in [0.717, 1.165) is 47.5 Å². The van der Waals surface area contributed by atoms with Crippen LogP contribution in [0.2, 0.25) is 0 Å². The molecule has 1 radical (unpaired) electrons. The zero-order valence-electron chi connectivity index (χ0n) is 36.8. The van der Waals surface area contributed by atoms with E-state index in [1.807, 2.05) is 62.6 Å². The minimum Gasteiger partial charge on any atom is -1.00 e. The molecule has 4 bridgehead atoms. The van der Waals surface area contributed by atoms with Crippen LogP contribution in [0.4, 0.5) is 0 Å². The first-order valence-electron chi connectivity index (χ1n) is 17.4. The molecule has 29 heteroatoms. The molecule has 2 amide bonds. The number of piperidine rings is 4. The van der Waals surface area contributed by atoms with E-state index in [2.05, 4.69) is 34.9 Å². The number of nitrogens with zero attached hydrogens (tertiary/aromatic N) is 4. The molecule has 4 aliphatic rings. The normalized spacial score (nSPS) is 21.5. The molecular formula is C36H80Cl4CoN8O16+2. The number of quaternary nitrogens is 2. The van der Waals surface area contributed by atoms with Crippen molar-refractivity contribution >= 4 is 33.6 Å². The van der Waals surface area contributed by atoms with Gasteiger partial charge in [0, 0.05) is 62.6 Å². The van der Waals surface area contributed by atoms with E-state index in [1.54, 1.807) is 19.2 Å². The number of nitrogens with one attached hydrogen (secondary N) is 4. The van der Waals surface area contributed by atoms with Crippen molar-refractivity contribution in [3.63, 3.8) is 0 Å². The second-order valence-electron chi connectivity index (χ2n) is 14.4. The summed E-state index contributed by atoms with van der Waals surface area (Å²) in [5, 5.41) is 17.3. The molecule has 4 fully saturated rings. The molecule has 2 aromatic carbocycles. The van der Waals surface area contributed by atoms with Crippen LogP contribution in [0.5, 0.6) is 0 Å². The summed E-state index contributed by atoms with van der Waals surface area (Å²) < 4.78 is 3.58. The molecule has 65 heavy (non-hydrogen) atoms. The fraction of sp³-hybridized carbons (Fsp3) is 0.556. The van der Waals surface area contributed by atoms with Gasteiger partial charge in [-0.15, -0.1) is 0 Å². The largest absolute Gasteiger partial charge is 2.00 e. The first-order valence-corrected chi connectivity index (χ1v) is 17.4. The molecule has 6 heterocycles. The van der Waals surface area contributed by atoms with Gasteiger partial charge in [0.15, 0.2) is 11.4 Å². The number of carbonyl (C=O) groups is 2. The summed E-state index contributed by atoms with van der Waals surface area (Å²) in [6.45, 7) is 0. The molecule has 4 unspecified atom stereocenters. The number of fused-ring (bicyclic) bond motifs is 6. The predicted molar refractivity (Wildman–Crippen MR) is 232 cm³/mol. The van der Waals surface area contributed by atoms with E-state index in [0.29, 0.717) is 47.6 Å². The Hall–Kier alpha value is -2.65. The fourth-order valence-electron chi connectivity index (χ4n) is 9.09. The van der Waals surface area contributed by atoms with E-state index in [1.165, 1.54) is 38.5 Å². The van der Waals surface area contributed by atoms with Crippen LogP contribution in [0.25, 0.3) is 21.8 Å². The minimum atomic E-state index is -0.0237. The van der Waals surface area contributed by atoms with Gasteiger partial charge in [0.2, 0.25) is 0 Å². The average Bonchev–Trinajstić information content (AvgIpc) is 3.55. The number of amides is 2. The Morgan fingerprint density at radius 1 is 0.508 bits per heavy atom. The third-order valence-electron chi connectivity index (χ3n) is 11.7. The molecule has 8 rings (SSSR count). The van der Waals surface area contributed by atoms with Gasteiger partial charge in [0.05, 0.1) is 49.3 Å². The molecule has 0 aliphatic carbocycles. The van der Waals surface area contributed by atoms with Crippen LogP contribution in [0.3, 0.4) is 0 Å². The number of hydrogen-bond acceptors (Lipinski definition) is 4. The number of carbonyl (C=O) groups excluding carboxylic acids is 2. The third-order valence-corrected chi connectivity index (χ3v) is 11.7. The van der Waals surface area contributed by atoms with Crippen molar-refractivity contribution < 1.29 is 162 Å². The summed E-state index contributed by atoms with van der Waals surface area (Å²) in [6.07, 6.45) is 12.2. The molecule has 24 nitrogen and oxygen atoms in total. The SMILES string of the molecule is Cn1nc(C(=O)NC2C[C@H]3CCC[C@@H](C2)[NH+]3C)c2ccccc21.Cn1nc(C(=O)NC2C[C@H]3CCC[C@@H](C2)[NH+]3C)c2ccccc21.O.O.O.O.O.O.O.O.O.O.O.O.[Cl-].[Cl-].[Cl-].[Cl-].[Co+2].[OH3+].[OH3+]. The quantitative estimate of drug-likeness (QED) is 0.145. The predicted octanol–water partition coefficient (Wildman–Crippen LogP) is -21.9. The van der Waals surface area contributed by atoms with Crippen molar-refractivity contribution in [2.45, 2.75) is 100 Å². The fourth-order valence-corrected chi connectivity index (χ4v) is 9.09. The van der Waals surface area contributed by atoms with Crippen LogP contribution in [-0.2, 0) is 41.8 Å². The summed E-state index contributed by atoms with van der Waals surface area (Å²) in [6, 6.07) is 19.2. The molecule has 0 spiro atoms. The summed E-state index contributed by atoms with van der Waals surface area (Å²) in [4.78, 5) is 28.8. The molecule has 8 atom stereocenters. The minimum absolute atomic E-state index is 0. The van der Waals surface area contributed by atoms with E-state index in [9.17, 15) is 9.59 Å². The second-order valence-corrected chi connectivity index (χ2v) is 14.4. The van der Waals surface area contributed by atoms with E-state index in [4.69, 9.17) is 0 Å². The number of aromatic nitrogens is 4. The smallest absolute Gasteiger partial charge is 1.00 e. The molecule has 395 valence electrons. The molecule has 4 aromatic rings. The maximum absolute atomic E-state index is 12.7. The van der Waals surface area contributed by atoms with Gasteiger partial charge in [-0.1, -0.05) is 36.4 Å². The van der Waals surface area contributed by atoms with Crippen molar-refractivity contribution in [1.82, 2.24) is 30.2 Å². The Morgan fingerprint density at radius 3 is 1.02 bits per heavy atom. The van der Waals surface area contributed by atoms with Crippen LogP contribution in [0.1, 0.15) is 85.2 Å². The third kappa shape index (κ3) is 20.2. The van der Waals surface area contributed by atoms with E-state index in [-0.39, 0.29) is 155 Å². The summed E-state index contributed by atoms with van der Waals surface area (Å²) in [5.74, 6) is -0.0474. The van der Waals surface area contributed by atoms with Crippen LogP contribution in [0, 0.1) is 0 Å². The van der Waals surface area contributed by atoms with Crippen molar-refractivity contribution in [2.75, 3.05) is 14.1 Å². The molecular weight excluding hydrogens is 1000 g/mol. The number of benzene rings is 2. The first kappa shape index (κ1) is 96.4. The molecule has 0 saturated carbocycles. The van der Waals surface area contributed by atoms with Gasteiger partial charge in [-0.05, 0) is 50.7 Å². The zero-order chi connectivity index (χ0) is 31.9. The van der Waals surface area contributed by atoms with E-state index >= 15 is 0 Å². The van der Waals surface area contributed by atoms with Crippen LogP contribution >= 0.6 is 0 Å². The Morgan fingerprint density at radius 2 is 0.754 bits per heavy atom. The van der Waals surface area contributed by atoms with Gasteiger partial charge in [0.1, 0.15) is 0 Å². The van der Waals surface area contributed by atoms with Gasteiger partial charge in [-0.3, -0.25) is 19.0 Å². The number of hydrogen-bond donors (Lipinski definition) is 4. The molecule has 4 aliphatic heterocycles. The van der Waals surface area contributed by atoms with Crippen molar-refractivity contribution in [2.24, 2.45) is 14.1 Å². The van der Waals surface area contributed by atoms with Crippen LogP contribution in [0.15, 0.2) is 48.5 Å². The van der Waals surface area contributed by atoms with E-state index < -0.39 is 0 Å². The van der Waals surface area contributed by atoms with Crippen LogP contribution < -0.4 is 70.1 Å². The van der Waals surface area contributed by atoms with Crippen LogP contribution in [-0.4, -0.2) is 147 Å². The summed E-state index contributed by atoms with van der Waals surface area (Å²) in [5.41, 5.74) is 3.11. The Bertz CT molecular complexity index is 1640. The first-order chi connectivity index (χ1) is 22.3. The van der Waals surface area contributed by atoms with Gasteiger partial charge in [-0.2, -0.15) is 10.2 Å². The van der Waals surface area contributed by atoms with Gasteiger partial charge >= 0.3 is 16.8 Å². The number of halogens is 4. The van der Waals surface area contributed by atoms with Crippen molar-refractivity contribution in [1.29, 1.82) is 0 Å². The Balaban J connectivity index is -0.0000000585. The average molecular weight is 1080 g/mol. The number of aryl methyl sites for hydroxylation is 2. The summed E-state index contributed by atoms with van der Waals surface area (Å²) >= 11 is 0. The maximum atomic E-state index is 12.7. The monoisotopic (exact) mass is 1080 g/mol. The zero-order valence-corrected chi connectivity index (χ0v) is 40.8. The topological polar surface area (TPSA) is 547 Å². The second kappa shape index (κ2) is 41.5. The molecule has 2 aromatic heterocycles. The Labute approximate surface area is 413 Å². The van der Waals surface area contributed by atoms with Gasteiger partial charge < -0.3 is 147 Å². The maximum Gasteiger partial charge on any atom is 2.00 e. The summed E-state index contributed by atoms with van der Waals surface area (Å²) in [7, 11) is 8.42. The van der Waals surface area contributed by atoms with Gasteiger partial charge in [-0.25, -0.2) is 0 Å². The standard InChI is InChI=1S/2C18H24N4O.4ClH.Co.14H2O/c2*1-21-13-6-5-7-14(21)11-12(10-13)19-18(23)17-15-8-3-4-9-16(15)22(2)20-17;;;;;;;;;;;;;;;;;;;/h2*3-4,8-9,12-14H,5-7,10-11H2,1-2H3,(H,19,23);4*1H;;14*1H2/q;;;;;;+2;;;;;;;;;;;;;;/t2*12?,13-,14+;;;;;;;;;;;;;;;;;;;. The van der Waals surface area contributed by atoms with Gasteiger partial charge in [0.25, 0.3) is 11.8 Å². The van der Waals surface area contributed by atoms with Crippen molar-refractivity contribution in [3.8, 4) is 0 Å². The molecule has 34 N–H and O–H groups in total.